The fourth-order valence-electron chi connectivity index (χ4n) is 2.48. The van der Waals surface area contributed by atoms with E-state index < -0.39 is 6.09 Å². The Balaban J connectivity index is 0.00000116. The summed E-state index contributed by atoms with van der Waals surface area (Å²) in [5, 5.41) is 9.75. The number of hydrogen-bond acceptors (Lipinski definition) is 5. The number of esters is 1. The van der Waals surface area contributed by atoms with Crippen LogP contribution in [0.25, 0.3) is 0 Å². The van der Waals surface area contributed by atoms with Crippen molar-refractivity contribution in [2.24, 2.45) is 5.92 Å². The third kappa shape index (κ3) is 5.37. The Bertz CT molecular complexity index is 463. The Hall–Kier alpha value is -2.08. The number of hydrogen-bond donors (Lipinski definition) is 2. The standard InChI is InChI=1S/C15H19NO4.CH4O/c1-19-14(17)12-8-5-9-13(12)16-15(18)20-10-11-6-3-2-4-7-11;1-2/h2-4,6-7,12-13H,5,8-10H2,1H3,(H,16,18);2H,1H3. The number of ether oxygens (including phenoxy) is 2. The Morgan fingerprint density at radius 2 is 1.91 bits per heavy atom. The van der Waals surface area contributed by atoms with Crippen LogP contribution in [0.1, 0.15) is 24.8 Å². The lowest BCUT2D eigenvalue weighted by atomic mass is 10.0. The van der Waals surface area contributed by atoms with E-state index in [2.05, 4.69) is 5.32 Å². The zero-order chi connectivity index (χ0) is 16.4. The molecule has 1 aromatic rings. The van der Waals surface area contributed by atoms with Gasteiger partial charge in [-0.3, -0.25) is 4.79 Å². The van der Waals surface area contributed by atoms with Gasteiger partial charge in [0, 0.05) is 13.2 Å². The van der Waals surface area contributed by atoms with E-state index in [0.717, 1.165) is 31.9 Å². The van der Waals surface area contributed by atoms with E-state index in [4.69, 9.17) is 14.6 Å². The lowest BCUT2D eigenvalue weighted by Crippen LogP contribution is -2.40. The van der Waals surface area contributed by atoms with E-state index in [1.807, 2.05) is 30.3 Å². The SMILES string of the molecule is CO.COC(=O)C1CCCC1NC(=O)OCc1ccccc1. The van der Waals surface area contributed by atoms with Gasteiger partial charge in [0.2, 0.25) is 0 Å². The van der Waals surface area contributed by atoms with Gasteiger partial charge in [-0.05, 0) is 18.4 Å². The molecule has 0 aliphatic heterocycles. The van der Waals surface area contributed by atoms with Gasteiger partial charge in [-0.15, -0.1) is 0 Å². The van der Waals surface area contributed by atoms with Crippen LogP contribution >= 0.6 is 0 Å². The summed E-state index contributed by atoms with van der Waals surface area (Å²) in [7, 11) is 2.37. The average molecular weight is 309 g/mol. The van der Waals surface area contributed by atoms with Gasteiger partial charge in [0.25, 0.3) is 0 Å². The predicted octanol–water partition coefficient (Wildman–Crippen LogP) is 1.86. The first kappa shape index (κ1) is 18.0. The van der Waals surface area contributed by atoms with E-state index in [1.165, 1.54) is 7.11 Å². The summed E-state index contributed by atoms with van der Waals surface area (Å²) < 4.78 is 9.89. The Labute approximate surface area is 130 Å². The fraction of sp³-hybridized carbons (Fsp3) is 0.500. The molecule has 1 aromatic carbocycles. The van der Waals surface area contributed by atoms with Gasteiger partial charge < -0.3 is 19.9 Å². The van der Waals surface area contributed by atoms with Gasteiger partial charge in [0.05, 0.1) is 13.0 Å². The number of benzene rings is 1. The molecule has 1 aliphatic rings. The normalized spacial score (nSPS) is 19.6. The van der Waals surface area contributed by atoms with Gasteiger partial charge in [-0.25, -0.2) is 4.79 Å². The maximum atomic E-state index is 11.7. The van der Waals surface area contributed by atoms with Crippen LogP contribution in [0.15, 0.2) is 30.3 Å². The van der Waals surface area contributed by atoms with Gasteiger partial charge in [0.1, 0.15) is 6.61 Å². The third-order valence-corrected chi connectivity index (χ3v) is 3.54. The van der Waals surface area contributed by atoms with Crippen LogP contribution in [-0.4, -0.2) is 37.4 Å². The van der Waals surface area contributed by atoms with Crippen LogP contribution in [-0.2, 0) is 20.9 Å². The maximum absolute atomic E-state index is 11.7. The summed E-state index contributed by atoms with van der Waals surface area (Å²) in [5.74, 6) is -0.528. The van der Waals surface area contributed by atoms with Gasteiger partial charge in [0.15, 0.2) is 0 Å². The molecule has 0 aromatic heterocycles. The summed E-state index contributed by atoms with van der Waals surface area (Å²) in [4.78, 5) is 23.3. The number of rotatable bonds is 4. The number of amides is 1. The topological polar surface area (TPSA) is 84.9 Å². The van der Waals surface area contributed by atoms with Crippen LogP contribution < -0.4 is 5.32 Å². The van der Waals surface area contributed by atoms with Crippen molar-refractivity contribution in [3.05, 3.63) is 35.9 Å². The number of aliphatic hydroxyl groups excluding tert-OH is 1. The molecule has 1 fully saturated rings. The zero-order valence-corrected chi connectivity index (χ0v) is 13.0. The Morgan fingerprint density at radius 1 is 1.23 bits per heavy atom. The van der Waals surface area contributed by atoms with E-state index >= 15 is 0 Å². The molecular weight excluding hydrogens is 286 g/mol. The average Bonchev–Trinajstić information content (AvgIpc) is 3.03. The summed E-state index contributed by atoms with van der Waals surface area (Å²) >= 11 is 0. The summed E-state index contributed by atoms with van der Waals surface area (Å²) in [6.07, 6.45) is 1.94. The molecule has 22 heavy (non-hydrogen) atoms. The van der Waals surface area contributed by atoms with Crippen molar-refractivity contribution in [3.8, 4) is 0 Å². The minimum absolute atomic E-state index is 0.189. The lowest BCUT2D eigenvalue weighted by molar-refractivity contribution is -0.145. The molecular formula is C16H23NO5. The molecule has 2 unspecified atom stereocenters. The molecule has 0 saturated heterocycles. The van der Waals surface area contributed by atoms with E-state index in [9.17, 15) is 9.59 Å². The number of carbonyl (C=O) groups excluding carboxylic acids is 2. The molecule has 1 aliphatic carbocycles. The number of alkyl carbamates (subject to hydrolysis) is 1. The monoisotopic (exact) mass is 309 g/mol. The predicted molar refractivity (Wildman–Crippen MR) is 81.1 cm³/mol. The minimum atomic E-state index is -0.491. The first-order valence-electron chi connectivity index (χ1n) is 7.20. The molecule has 0 heterocycles. The van der Waals surface area contributed by atoms with Crippen molar-refractivity contribution >= 4 is 12.1 Å². The molecule has 2 rings (SSSR count). The van der Waals surface area contributed by atoms with Crippen LogP contribution in [0.4, 0.5) is 4.79 Å². The van der Waals surface area contributed by atoms with Crippen LogP contribution in [0.3, 0.4) is 0 Å². The van der Waals surface area contributed by atoms with Crippen molar-refractivity contribution < 1.29 is 24.2 Å². The smallest absolute Gasteiger partial charge is 0.407 e. The van der Waals surface area contributed by atoms with Crippen molar-refractivity contribution in [3.63, 3.8) is 0 Å². The Morgan fingerprint density at radius 3 is 2.55 bits per heavy atom. The number of nitrogens with one attached hydrogen (secondary N) is 1. The summed E-state index contributed by atoms with van der Waals surface area (Å²) in [6, 6.07) is 9.27. The quantitative estimate of drug-likeness (QED) is 0.829. The maximum Gasteiger partial charge on any atom is 0.407 e. The highest BCUT2D eigenvalue weighted by Crippen LogP contribution is 2.26. The van der Waals surface area contributed by atoms with Crippen LogP contribution in [0.2, 0.25) is 0 Å². The fourth-order valence-corrected chi connectivity index (χ4v) is 2.48. The molecule has 6 heteroatoms. The molecule has 6 nitrogen and oxygen atoms in total. The lowest BCUT2D eigenvalue weighted by Gasteiger charge is -2.18. The Kier molecular flexibility index (Phi) is 7.99. The van der Waals surface area contributed by atoms with Crippen LogP contribution in [0.5, 0.6) is 0 Å². The van der Waals surface area contributed by atoms with Crippen molar-refractivity contribution in [2.45, 2.75) is 31.9 Å². The first-order valence-corrected chi connectivity index (χ1v) is 7.20. The second-order valence-electron chi connectivity index (χ2n) is 4.87. The van der Waals surface area contributed by atoms with Gasteiger partial charge >= 0.3 is 12.1 Å². The van der Waals surface area contributed by atoms with Gasteiger partial charge in [-0.2, -0.15) is 0 Å². The molecule has 1 saturated carbocycles. The number of aliphatic hydroxyl groups is 1. The molecule has 1 amide bonds. The highest BCUT2D eigenvalue weighted by Gasteiger charge is 2.35. The zero-order valence-electron chi connectivity index (χ0n) is 13.0. The van der Waals surface area contributed by atoms with E-state index in [1.54, 1.807) is 0 Å². The molecule has 0 radical (unpaired) electrons. The molecule has 122 valence electrons. The molecule has 0 spiro atoms. The van der Waals surface area contributed by atoms with Crippen molar-refractivity contribution in [2.75, 3.05) is 14.2 Å². The number of methoxy groups -OCH3 is 1. The highest BCUT2D eigenvalue weighted by atomic mass is 16.5. The first-order chi connectivity index (χ1) is 10.7. The third-order valence-electron chi connectivity index (χ3n) is 3.54. The number of carbonyl (C=O) groups is 2. The molecule has 2 N–H and O–H groups in total. The second-order valence-corrected chi connectivity index (χ2v) is 4.87. The van der Waals surface area contributed by atoms with E-state index in [0.29, 0.717) is 0 Å². The van der Waals surface area contributed by atoms with Crippen molar-refractivity contribution in [1.29, 1.82) is 0 Å². The highest BCUT2D eigenvalue weighted by molar-refractivity contribution is 5.75. The largest absolute Gasteiger partial charge is 0.469 e. The summed E-state index contributed by atoms with van der Waals surface area (Å²) in [5.41, 5.74) is 0.929. The van der Waals surface area contributed by atoms with Crippen LogP contribution in [0, 0.1) is 5.92 Å². The van der Waals surface area contributed by atoms with Crippen molar-refractivity contribution in [1.82, 2.24) is 5.32 Å². The minimum Gasteiger partial charge on any atom is -0.469 e. The van der Waals surface area contributed by atoms with E-state index in [-0.39, 0.29) is 24.5 Å². The van der Waals surface area contributed by atoms with Gasteiger partial charge in [-0.1, -0.05) is 36.8 Å². The summed E-state index contributed by atoms with van der Waals surface area (Å²) in [6.45, 7) is 0.224. The molecule has 0 bridgehead atoms. The molecule has 2 atom stereocenters. The second kappa shape index (κ2) is 9.78.